The first-order valence-electron chi connectivity index (χ1n) is 3.47. The molecule has 1 rings (SSSR count). The third-order valence-corrected chi connectivity index (χ3v) is 1.66. The Morgan fingerprint density at radius 3 is 2.40 bits per heavy atom. The van der Waals surface area contributed by atoms with Crippen molar-refractivity contribution in [3.8, 4) is 0 Å². The van der Waals surface area contributed by atoms with Gasteiger partial charge in [0.25, 0.3) is 0 Å². The van der Waals surface area contributed by atoms with Crippen LogP contribution in [0.15, 0.2) is 12.2 Å². The van der Waals surface area contributed by atoms with Gasteiger partial charge in [-0.05, 0) is 6.92 Å². The molecular formula is C8H12O2. The van der Waals surface area contributed by atoms with Crippen LogP contribution in [0.25, 0.3) is 0 Å². The minimum atomic E-state index is -0.244. The van der Waals surface area contributed by atoms with Crippen molar-refractivity contribution in [2.75, 3.05) is 0 Å². The van der Waals surface area contributed by atoms with E-state index in [4.69, 9.17) is 4.74 Å². The summed E-state index contributed by atoms with van der Waals surface area (Å²) >= 11 is 0. The highest BCUT2D eigenvalue weighted by Gasteiger charge is 2.27. The number of ether oxygens (including phenoxy) is 1. The molecule has 0 spiro atoms. The van der Waals surface area contributed by atoms with Crippen LogP contribution in [0.1, 0.15) is 26.7 Å². The maximum absolute atomic E-state index is 10.6. The van der Waals surface area contributed by atoms with Crippen molar-refractivity contribution in [2.45, 2.75) is 32.3 Å². The first kappa shape index (κ1) is 7.32. The van der Waals surface area contributed by atoms with E-state index >= 15 is 0 Å². The molecule has 1 aliphatic carbocycles. The largest absolute Gasteiger partial charge is 0.459 e. The first-order chi connectivity index (χ1) is 4.62. The topological polar surface area (TPSA) is 26.3 Å². The lowest BCUT2D eigenvalue weighted by atomic mass is 10.1. The first-order valence-corrected chi connectivity index (χ1v) is 3.47. The summed E-state index contributed by atoms with van der Waals surface area (Å²) < 4.78 is 5.10. The molecule has 10 heavy (non-hydrogen) atoms. The molecular weight excluding hydrogens is 128 g/mol. The Morgan fingerprint density at radius 2 is 2.00 bits per heavy atom. The second-order valence-corrected chi connectivity index (χ2v) is 2.92. The Kier molecular flexibility index (Phi) is 1.79. The third-order valence-electron chi connectivity index (χ3n) is 1.66. The smallest absolute Gasteiger partial charge is 0.303 e. The highest BCUT2D eigenvalue weighted by Crippen LogP contribution is 2.26. The van der Waals surface area contributed by atoms with Gasteiger partial charge in [0, 0.05) is 19.8 Å². The molecule has 2 heteroatoms. The average Bonchev–Trinajstić information content (AvgIpc) is 2.12. The summed E-state index contributed by atoms with van der Waals surface area (Å²) in [6, 6.07) is 0. The summed E-state index contributed by atoms with van der Waals surface area (Å²) in [7, 11) is 0. The van der Waals surface area contributed by atoms with Gasteiger partial charge in [-0.25, -0.2) is 0 Å². The van der Waals surface area contributed by atoms with E-state index in [0.717, 1.165) is 12.8 Å². The van der Waals surface area contributed by atoms with E-state index in [2.05, 4.69) is 0 Å². The van der Waals surface area contributed by atoms with Crippen LogP contribution in [0.3, 0.4) is 0 Å². The minimum Gasteiger partial charge on any atom is -0.459 e. The van der Waals surface area contributed by atoms with Crippen LogP contribution in [0.4, 0.5) is 0 Å². The number of esters is 1. The van der Waals surface area contributed by atoms with Crippen molar-refractivity contribution in [3.05, 3.63) is 12.2 Å². The SMILES string of the molecule is CC(=O)OC1(C)CC=CC1. The van der Waals surface area contributed by atoms with Gasteiger partial charge < -0.3 is 4.74 Å². The van der Waals surface area contributed by atoms with Crippen LogP contribution in [0.5, 0.6) is 0 Å². The lowest BCUT2D eigenvalue weighted by molar-refractivity contribution is -0.154. The standard InChI is InChI=1S/C8H12O2/c1-7(9)10-8(2)5-3-4-6-8/h3-4H,5-6H2,1-2H3. The molecule has 0 bridgehead atoms. The zero-order valence-corrected chi connectivity index (χ0v) is 6.39. The van der Waals surface area contributed by atoms with E-state index in [1.807, 2.05) is 19.1 Å². The number of hydrogen-bond acceptors (Lipinski definition) is 2. The van der Waals surface area contributed by atoms with Gasteiger partial charge in [0.15, 0.2) is 0 Å². The summed E-state index contributed by atoms with van der Waals surface area (Å²) in [6.45, 7) is 3.40. The lowest BCUT2D eigenvalue weighted by Gasteiger charge is -2.22. The second-order valence-electron chi connectivity index (χ2n) is 2.92. The van der Waals surface area contributed by atoms with Crippen LogP contribution < -0.4 is 0 Å². The molecule has 0 aliphatic heterocycles. The molecule has 0 fully saturated rings. The molecule has 0 amide bonds. The average molecular weight is 140 g/mol. The fourth-order valence-corrected chi connectivity index (χ4v) is 1.18. The molecule has 0 aromatic carbocycles. The summed E-state index contributed by atoms with van der Waals surface area (Å²) in [5, 5.41) is 0. The van der Waals surface area contributed by atoms with E-state index in [9.17, 15) is 4.79 Å². The van der Waals surface area contributed by atoms with E-state index in [1.54, 1.807) is 0 Å². The normalized spacial score (nSPS) is 21.0. The summed E-state index contributed by atoms with van der Waals surface area (Å²) in [4.78, 5) is 10.6. The number of hydrogen-bond donors (Lipinski definition) is 0. The summed E-state index contributed by atoms with van der Waals surface area (Å²) in [6.07, 6.45) is 5.80. The lowest BCUT2D eigenvalue weighted by Crippen LogP contribution is -2.26. The second kappa shape index (κ2) is 2.45. The number of carbonyl (C=O) groups is 1. The highest BCUT2D eigenvalue weighted by molar-refractivity contribution is 5.66. The molecule has 0 aromatic rings. The maximum atomic E-state index is 10.6. The van der Waals surface area contributed by atoms with Crippen LogP contribution in [-0.4, -0.2) is 11.6 Å². The predicted octanol–water partition coefficient (Wildman–Crippen LogP) is 1.66. The molecule has 0 saturated heterocycles. The van der Waals surface area contributed by atoms with Crippen molar-refractivity contribution in [1.82, 2.24) is 0 Å². The van der Waals surface area contributed by atoms with Crippen LogP contribution in [-0.2, 0) is 9.53 Å². The van der Waals surface area contributed by atoms with Crippen molar-refractivity contribution >= 4 is 5.97 Å². The van der Waals surface area contributed by atoms with Crippen LogP contribution in [0.2, 0.25) is 0 Å². The van der Waals surface area contributed by atoms with Crippen molar-refractivity contribution in [3.63, 3.8) is 0 Å². The Morgan fingerprint density at radius 1 is 1.50 bits per heavy atom. The zero-order chi connectivity index (χ0) is 7.61. The van der Waals surface area contributed by atoms with Gasteiger partial charge in [0.2, 0.25) is 0 Å². The highest BCUT2D eigenvalue weighted by atomic mass is 16.6. The minimum absolute atomic E-state index is 0.189. The Bertz CT molecular complexity index is 162. The molecule has 0 saturated carbocycles. The molecule has 0 heterocycles. The van der Waals surface area contributed by atoms with Gasteiger partial charge in [0.05, 0.1) is 0 Å². The number of rotatable bonds is 1. The molecule has 2 nitrogen and oxygen atoms in total. The Balaban J connectivity index is 2.46. The third kappa shape index (κ3) is 1.59. The monoisotopic (exact) mass is 140 g/mol. The van der Waals surface area contributed by atoms with Crippen molar-refractivity contribution in [1.29, 1.82) is 0 Å². The fraction of sp³-hybridized carbons (Fsp3) is 0.625. The summed E-state index contributed by atoms with van der Waals surface area (Å²) in [5.74, 6) is -0.189. The molecule has 0 radical (unpaired) electrons. The van der Waals surface area contributed by atoms with Crippen molar-refractivity contribution in [2.24, 2.45) is 0 Å². The fourth-order valence-electron chi connectivity index (χ4n) is 1.18. The molecule has 56 valence electrons. The van der Waals surface area contributed by atoms with E-state index in [0.29, 0.717) is 0 Å². The van der Waals surface area contributed by atoms with Gasteiger partial charge in [0.1, 0.15) is 5.60 Å². The maximum Gasteiger partial charge on any atom is 0.303 e. The quantitative estimate of drug-likeness (QED) is 0.409. The van der Waals surface area contributed by atoms with E-state index in [-0.39, 0.29) is 11.6 Å². The molecule has 0 N–H and O–H groups in total. The predicted molar refractivity (Wildman–Crippen MR) is 38.5 cm³/mol. The van der Waals surface area contributed by atoms with Crippen LogP contribution >= 0.6 is 0 Å². The van der Waals surface area contributed by atoms with Crippen molar-refractivity contribution < 1.29 is 9.53 Å². The number of carbonyl (C=O) groups excluding carboxylic acids is 1. The van der Waals surface area contributed by atoms with Gasteiger partial charge in [-0.3, -0.25) is 4.79 Å². The molecule has 0 unspecified atom stereocenters. The Labute approximate surface area is 60.9 Å². The molecule has 0 aromatic heterocycles. The van der Waals surface area contributed by atoms with E-state index in [1.165, 1.54) is 6.92 Å². The molecule has 0 atom stereocenters. The van der Waals surface area contributed by atoms with Gasteiger partial charge in [-0.1, -0.05) is 12.2 Å². The Hall–Kier alpha value is -0.790. The summed E-state index contributed by atoms with van der Waals surface area (Å²) in [5.41, 5.74) is -0.244. The molecule has 1 aliphatic rings. The van der Waals surface area contributed by atoms with E-state index < -0.39 is 0 Å². The zero-order valence-electron chi connectivity index (χ0n) is 6.39. The van der Waals surface area contributed by atoms with Gasteiger partial charge in [-0.2, -0.15) is 0 Å². The van der Waals surface area contributed by atoms with Crippen LogP contribution in [0, 0.1) is 0 Å². The van der Waals surface area contributed by atoms with Gasteiger partial charge >= 0.3 is 5.97 Å². The van der Waals surface area contributed by atoms with Gasteiger partial charge in [-0.15, -0.1) is 0 Å².